The number of amides is 1. The van der Waals surface area contributed by atoms with Gasteiger partial charge in [-0.05, 0) is 26.0 Å². The van der Waals surface area contributed by atoms with Crippen LogP contribution >= 0.6 is 0 Å². The van der Waals surface area contributed by atoms with Crippen molar-refractivity contribution in [1.82, 2.24) is 5.32 Å². The Balaban J connectivity index is 2.61. The normalized spacial score (nSPS) is 11.9. The molecule has 0 saturated carbocycles. The highest BCUT2D eigenvalue weighted by atomic mass is 16.2. The zero-order valence-electron chi connectivity index (χ0n) is 10.5. The van der Waals surface area contributed by atoms with Crippen LogP contribution in [0.5, 0.6) is 0 Å². The van der Waals surface area contributed by atoms with Gasteiger partial charge < -0.3 is 16.0 Å². The molecule has 0 fully saturated rings. The highest BCUT2D eigenvalue weighted by molar-refractivity contribution is 5.82. The van der Waals surface area contributed by atoms with Crippen LogP contribution in [0.4, 0.5) is 5.69 Å². The number of benzene rings is 1. The van der Waals surface area contributed by atoms with Crippen LogP contribution in [0.25, 0.3) is 0 Å². The lowest BCUT2D eigenvalue weighted by molar-refractivity contribution is -0.122. The number of nitrogens with one attached hydrogen (secondary N) is 1. The summed E-state index contributed by atoms with van der Waals surface area (Å²) in [5, 5.41) is 2.74. The number of nitrogens with two attached hydrogens (primary N) is 1. The number of carbonyl (C=O) groups excluding carboxylic acids is 1. The van der Waals surface area contributed by atoms with Gasteiger partial charge in [0, 0.05) is 25.3 Å². The van der Waals surface area contributed by atoms with Crippen molar-refractivity contribution in [3.8, 4) is 0 Å². The molecule has 0 radical (unpaired) electrons. The average molecular weight is 235 g/mol. The third-order valence-electron chi connectivity index (χ3n) is 2.61. The summed E-state index contributed by atoms with van der Waals surface area (Å²) in [5.41, 5.74) is 6.96. The molecule has 1 amide bonds. The van der Waals surface area contributed by atoms with Gasteiger partial charge in [-0.1, -0.05) is 18.2 Å². The van der Waals surface area contributed by atoms with Crippen LogP contribution in [0.1, 0.15) is 13.8 Å². The van der Waals surface area contributed by atoms with E-state index < -0.39 is 6.04 Å². The maximum atomic E-state index is 11.6. The van der Waals surface area contributed by atoms with Crippen molar-refractivity contribution in [3.05, 3.63) is 30.3 Å². The smallest absolute Gasteiger partial charge is 0.238 e. The molecule has 4 heteroatoms. The van der Waals surface area contributed by atoms with Gasteiger partial charge in [0.1, 0.15) is 6.04 Å². The summed E-state index contributed by atoms with van der Waals surface area (Å²) < 4.78 is 0. The van der Waals surface area contributed by atoms with Gasteiger partial charge in [-0.15, -0.1) is 0 Å². The van der Waals surface area contributed by atoms with E-state index in [-0.39, 0.29) is 5.91 Å². The number of carbonyl (C=O) groups is 1. The Hall–Kier alpha value is -1.55. The van der Waals surface area contributed by atoms with Crippen molar-refractivity contribution in [3.63, 3.8) is 0 Å². The molecule has 0 aliphatic carbocycles. The summed E-state index contributed by atoms with van der Waals surface area (Å²) >= 11 is 0. The lowest BCUT2D eigenvalue weighted by atomic mass is 10.2. The largest absolute Gasteiger partial charge is 0.370 e. The molecule has 0 saturated heterocycles. The van der Waals surface area contributed by atoms with E-state index in [1.54, 1.807) is 0 Å². The van der Waals surface area contributed by atoms with E-state index in [0.29, 0.717) is 13.1 Å². The maximum absolute atomic E-state index is 11.6. The van der Waals surface area contributed by atoms with E-state index in [9.17, 15) is 4.79 Å². The molecule has 3 N–H and O–H groups in total. The molecular formula is C13H21N3O. The van der Waals surface area contributed by atoms with Crippen LogP contribution in [0.2, 0.25) is 0 Å². The van der Waals surface area contributed by atoms with E-state index in [0.717, 1.165) is 12.2 Å². The molecule has 1 unspecified atom stereocenters. The van der Waals surface area contributed by atoms with Crippen molar-refractivity contribution in [1.29, 1.82) is 0 Å². The van der Waals surface area contributed by atoms with Crippen molar-refractivity contribution in [2.24, 2.45) is 5.73 Å². The van der Waals surface area contributed by atoms with Crippen LogP contribution < -0.4 is 16.0 Å². The molecule has 0 heterocycles. The lowest BCUT2D eigenvalue weighted by Crippen LogP contribution is -2.48. The van der Waals surface area contributed by atoms with Crippen LogP contribution in [0, 0.1) is 0 Å². The topological polar surface area (TPSA) is 58.4 Å². The molecular weight excluding hydrogens is 214 g/mol. The van der Waals surface area contributed by atoms with Crippen LogP contribution in [0.3, 0.4) is 0 Å². The van der Waals surface area contributed by atoms with Gasteiger partial charge in [-0.25, -0.2) is 0 Å². The molecule has 0 aliphatic rings. The molecule has 1 rings (SSSR count). The SMILES string of the molecule is CCNC(=O)C(N)CN(CC)c1ccccc1. The first-order valence-corrected chi connectivity index (χ1v) is 6.02. The first kappa shape index (κ1) is 13.5. The molecule has 1 atom stereocenters. The number of hydrogen-bond acceptors (Lipinski definition) is 3. The van der Waals surface area contributed by atoms with E-state index >= 15 is 0 Å². The minimum absolute atomic E-state index is 0.0955. The van der Waals surface area contributed by atoms with Gasteiger partial charge in [0.05, 0.1) is 0 Å². The Kier molecular flexibility index (Phi) is 5.49. The Labute approximate surface area is 103 Å². The predicted octanol–water partition coefficient (Wildman–Crippen LogP) is 0.976. The van der Waals surface area contributed by atoms with E-state index in [1.807, 2.05) is 37.3 Å². The fourth-order valence-corrected chi connectivity index (χ4v) is 1.68. The standard InChI is InChI=1S/C13H21N3O/c1-3-15-13(17)12(14)10-16(4-2)11-8-6-5-7-9-11/h5-9,12H,3-4,10,14H2,1-2H3,(H,15,17). The third-order valence-corrected chi connectivity index (χ3v) is 2.61. The van der Waals surface area contributed by atoms with Crippen LogP contribution in [-0.2, 0) is 4.79 Å². The summed E-state index contributed by atoms with van der Waals surface area (Å²) in [5.74, 6) is -0.0955. The number of para-hydroxylation sites is 1. The maximum Gasteiger partial charge on any atom is 0.238 e. The second-order valence-electron chi connectivity index (χ2n) is 3.88. The first-order valence-electron chi connectivity index (χ1n) is 6.02. The van der Waals surface area contributed by atoms with Crippen molar-refractivity contribution >= 4 is 11.6 Å². The van der Waals surface area contributed by atoms with Crippen LogP contribution in [0.15, 0.2) is 30.3 Å². The molecule has 0 spiro atoms. The minimum Gasteiger partial charge on any atom is -0.370 e. The summed E-state index contributed by atoms with van der Waals surface area (Å²) in [6, 6.07) is 9.49. The number of likely N-dealkylation sites (N-methyl/N-ethyl adjacent to an activating group) is 2. The summed E-state index contributed by atoms with van der Waals surface area (Å²) in [4.78, 5) is 13.7. The van der Waals surface area contributed by atoms with Gasteiger partial charge in [-0.2, -0.15) is 0 Å². The number of hydrogen-bond donors (Lipinski definition) is 2. The minimum atomic E-state index is -0.491. The quantitative estimate of drug-likeness (QED) is 0.772. The highest BCUT2D eigenvalue weighted by Gasteiger charge is 2.16. The monoisotopic (exact) mass is 235 g/mol. The second kappa shape index (κ2) is 6.91. The summed E-state index contributed by atoms with van der Waals surface area (Å²) in [6.07, 6.45) is 0. The zero-order valence-corrected chi connectivity index (χ0v) is 10.5. The number of nitrogens with zero attached hydrogens (tertiary/aromatic N) is 1. The molecule has 17 heavy (non-hydrogen) atoms. The van der Waals surface area contributed by atoms with Gasteiger partial charge in [0.25, 0.3) is 0 Å². The van der Waals surface area contributed by atoms with Gasteiger partial charge in [0.15, 0.2) is 0 Å². The third kappa shape index (κ3) is 4.07. The molecule has 0 bridgehead atoms. The van der Waals surface area contributed by atoms with E-state index in [2.05, 4.69) is 17.1 Å². The molecule has 1 aromatic carbocycles. The van der Waals surface area contributed by atoms with Gasteiger partial charge in [-0.3, -0.25) is 4.79 Å². The van der Waals surface area contributed by atoms with Gasteiger partial charge in [0.2, 0.25) is 5.91 Å². The van der Waals surface area contributed by atoms with Crippen LogP contribution in [-0.4, -0.2) is 31.6 Å². The predicted molar refractivity (Wildman–Crippen MR) is 71.0 cm³/mol. The van der Waals surface area contributed by atoms with Crippen molar-refractivity contribution < 1.29 is 4.79 Å². The molecule has 0 aromatic heterocycles. The zero-order chi connectivity index (χ0) is 12.7. The fourth-order valence-electron chi connectivity index (χ4n) is 1.68. The summed E-state index contributed by atoms with van der Waals surface area (Å²) in [6.45, 7) is 5.92. The lowest BCUT2D eigenvalue weighted by Gasteiger charge is -2.25. The number of rotatable bonds is 6. The van der Waals surface area contributed by atoms with E-state index in [4.69, 9.17) is 5.73 Å². The molecule has 0 aliphatic heterocycles. The van der Waals surface area contributed by atoms with Crippen molar-refractivity contribution in [2.75, 3.05) is 24.5 Å². The fraction of sp³-hybridized carbons (Fsp3) is 0.462. The summed E-state index contributed by atoms with van der Waals surface area (Å²) in [7, 11) is 0. The Morgan fingerprint density at radius 3 is 2.53 bits per heavy atom. The van der Waals surface area contributed by atoms with E-state index in [1.165, 1.54) is 0 Å². The molecule has 4 nitrogen and oxygen atoms in total. The van der Waals surface area contributed by atoms with Crippen molar-refractivity contribution in [2.45, 2.75) is 19.9 Å². The van der Waals surface area contributed by atoms with Gasteiger partial charge >= 0.3 is 0 Å². The first-order chi connectivity index (χ1) is 8.19. The highest BCUT2D eigenvalue weighted by Crippen LogP contribution is 2.12. The Bertz CT molecular complexity index is 340. The Morgan fingerprint density at radius 1 is 1.35 bits per heavy atom. The second-order valence-corrected chi connectivity index (χ2v) is 3.88. The molecule has 1 aromatic rings. The average Bonchev–Trinajstić information content (AvgIpc) is 2.37. The Morgan fingerprint density at radius 2 is 2.00 bits per heavy atom. The number of anilines is 1. The molecule has 94 valence electrons.